The van der Waals surface area contributed by atoms with Gasteiger partial charge in [0.05, 0.1) is 6.10 Å². The van der Waals surface area contributed by atoms with Gasteiger partial charge in [-0.15, -0.1) is 0 Å². The molecule has 2 N–H and O–H groups in total. The van der Waals surface area contributed by atoms with Crippen molar-refractivity contribution >= 4 is 21.5 Å². The number of aliphatic hydroxyl groups excluding tert-OH is 2. The van der Waals surface area contributed by atoms with E-state index in [2.05, 4.69) is 36.4 Å². The van der Waals surface area contributed by atoms with E-state index in [1.807, 2.05) is 12.1 Å². The molecule has 0 radical (unpaired) electrons. The lowest BCUT2D eigenvalue weighted by molar-refractivity contribution is 0.00676. The summed E-state index contributed by atoms with van der Waals surface area (Å²) in [7, 11) is 0. The molecule has 3 aromatic carbocycles. The molecule has 0 fully saturated rings. The van der Waals surface area contributed by atoms with E-state index in [-0.39, 0.29) is 0 Å². The molecular weight excluding hydrogens is 248 g/mol. The van der Waals surface area contributed by atoms with Crippen molar-refractivity contribution in [3.05, 3.63) is 59.7 Å². The minimum Gasteiger partial charge on any atom is -0.390 e. The molecular formula is C18H16O2. The molecule has 3 aromatic rings. The van der Waals surface area contributed by atoms with E-state index in [9.17, 15) is 10.2 Å². The maximum Gasteiger partial charge on any atom is 0.105 e. The Labute approximate surface area is 117 Å². The Morgan fingerprint density at radius 2 is 1.60 bits per heavy atom. The smallest absolute Gasteiger partial charge is 0.105 e. The van der Waals surface area contributed by atoms with Crippen molar-refractivity contribution in [1.82, 2.24) is 0 Å². The normalized spacial score (nSPS) is 22.1. The highest BCUT2D eigenvalue weighted by Gasteiger charge is 2.27. The average Bonchev–Trinajstić information content (AvgIpc) is 2.50. The summed E-state index contributed by atoms with van der Waals surface area (Å²) in [6, 6.07) is 16.7. The van der Waals surface area contributed by atoms with Crippen LogP contribution < -0.4 is 0 Å². The zero-order valence-corrected chi connectivity index (χ0v) is 11.1. The van der Waals surface area contributed by atoms with Crippen molar-refractivity contribution in [3.8, 4) is 0 Å². The van der Waals surface area contributed by atoms with E-state index in [0.717, 1.165) is 12.0 Å². The third-order valence-electron chi connectivity index (χ3n) is 4.45. The van der Waals surface area contributed by atoms with Gasteiger partial charge in [-0.3, -0.25) is 0 Å². The van der Waals surface area contributed by atoms with Crippen LogP contribution in [-0.4, -0.2) is 16.3 Å². The highest BCUT2D eigenvalue weighted by Crippen LogP contribution is 2.37. The second-order valence-electron chi connectivity index (χ2n) is 5.57. The van der Waals surface area contributed by atoms with Gasteiger partial charge in [-0.1, -0.05) is 48.5 Å². The van der Waals surface area contributed by atoms with Crippen LogP contribution in [0.15, 0.2) is 48.5 Å². The van der Waals surface area contributed by atoms with Gasteiger partial charge < -0.3 is 10.2 Å². The molecule has 0 amide bonds. The van der Waals surface area contributed by atoms with Gasteiger partial charge in [0.2, 0.25) is 0 Å². The maximum atomic E-state index is 10.2. The lowest BCUT2D eigenvalue weighted by atomic mass is 9.83. The van der Waals surface area contributed by atoms with Crippen LogP contribution in [0.5, 0.6) is 0 Å². The van der Waals surface area contributed by atoms with Crippen molar-refractivity contribution in [3.63, 3.8) is 0 Å². The van der Waals surface area contributed by atoms with Crippen LogP contribution in [-0.2, 0) is 6.42 Å². The van der Waals surface area contributed by atoms with E-state index in [0.29, 0.717) is 6.42 Å². The van der Waals surface area contributed by atoms with Gasteiger partial charge in [-0.05, 0) is 45.5 Å². The monoisotopic (exact) mass is 264 g/mol. The van der Waals surface area contributed by atoms with Crippen LogP contribution in [0.2, 0.25) is 0 Å². The van der Waals surface area contributed by atoms with Crippen LogP contribution >= 0.6 is 0 Å². The molecule has 1 aliphatic carbocycles. The zero-order chi connectivity index (χ0) is 13.7. The molecule has 0 aliphatic heterocycles. The van der Waals surface area contributed by atoms with Crippen molar-refractivity contribution in [1.29, 1.82) is 0 Å². The summed E-state index contributed by atoms with van der Waals surface area (Å²) < 4.78 is 0. The van der Waals surface area contributed by atoms with E-state index in [1.165, 1.54) is 27.1 Å². The summed E-state index contributed by atoms with van der Waals surface area (Å²) in [5.74, 6) is 0. The number of hydrogen-bond acceptors (Lipinski definition) is 2. The maximum absolute atomic E-state index is 10.2. The second-order valence-corrected chi connectivity index (χ2v) is 5.57. The van der Waals surface area contributed by atoms with Gasteiger partial charge >= 0.3 is 0 Å². The van der Waals surface area contributed by atoms with Crippen LogP contribution in [0.3, 0.4) is 0 Å². The minimum atomic E-state index is -0.755. The van der Waals surface area contributed by atoms with E-state index < -0.39 is 12.2 Å². The molecule has 20 heavy (non-hydrogen) atoms. The van der Waals surface area contributed by atoms with Gasteiger partial charge in [0, 0.05) is 0 Å². The summed E-state index contributed by atoms with van der Waals surface area (Å²) in [6.07, 6.45) is 0.0543. The molecule has 4 rings (SSSR count). The second kappa shape index (κ2) is 4.30. The van der Waals surface area contributed by atoms with Crippen molar-refractivity contribution < 1.29 is 10.2 Å². The van der Waals surface area contributed by atoms with Crippen molar-refractivity contribution in [2.24, 2.45) is 0 Å². The summed E-state index contributed by atoms with van der Waals surface area (Å²) in [5, 5.41) is 24.9. The first-order chi connectivity index (χ1) is 9.75. The molecule has 2 heteroatoms. The third-order valence-corrected chi connectivity index (χ3v) is 4.45. The minimum absolute atomic E-state index is 0.625. The predicted octanol–water partition coefficient (Wildman–Crippen LogP) is 3.33. The van der Waals surface area contributed by atoms with Crippen LogP contribution in [0, 0.1) is 0 Å². The first-order valence-corrected chi connectivity index (χ1v) is 7.05. The van der Waals surface area contributed by atoms with Gasteiger partial charge in [0.1, 0.15) is 6.10 Å². The van der Waals surface area contributed by atoms with Gasteiger partial charge in [-0.2, -0.15) is 0 Å². The molecule has 0 saturated carbocycles. The zero-order valence-electron chi connectivity index (χ0n) is 11.1. The van der Waals surface area contributed by atoms with E-state index >= 15 is 0 Å². The molecule has 2 nitrogen and oxygen atoms in total. The Hall–Kier alpha value is -1.90. The molecule has 100 valence electrons. The fraction of sp³-hybridized carbons (Fsp3) is 0.222. The molecule has 0 spiro atoms. The van der Waals surface area contributed by atoms with E-state index in [4.69, 9.17) is 0 Å². The summed E-state index contributed by atoms with van der Waals surface area (Å²) in [5.41, 5.74) is 2.07. The standard InChI is InChI=1S/C18H16O2/c19-17-10-9-15-14-6-5-11-3-1-2-4-12(11)13(14)7-8-16(15)18(17)20/h1-8,17-20H,9-10H2. The Morgan fingerprint density at radius 1 is 0.800 bits per heavy atom. The summed E-state index contributed by atoms with van der Waals surface area (Å²) in [6.45, 7) is 0. The number of rotatable bonds is 0. The van der Waals surface area contributed by atoms with Gasteiger partial charge in [0.25, 0.3) is 0 Å². The van der Waals surface area contributed by atoms with Crippen molar-refractivity contribution in [2.45, 2.75) is 25.0 Å². The molecule has 0 bridgehead atoms. The SMILES string of the molecule is OC1CCc2c(ccc3c2ccc2ccccc23)C1O. The highest BCUT2D eigenvalue weighted by atomic mass is 16.3. The van der Waals surface area contributed by atoms with E-state index in [1.54, 1.807) is 0 Å². The first kappa shape index (κ1) is 11.9. The molecule has 0 heterocycles. The molecule has 0 saturated heterocycles. The highest BCUT2D eigenvalue weighted by molar-refractivity contribution is 6.08. The lowest BCUT2D eigenvalue weighted by Gasteiger charge is -2.27. The van der Waals surface area contributed by atoms with Gasteiger partial charge in [0.15, 0.2) is 0 Å². The van der Waals surface area contributed by atoms with Gasteiger partial charge in [-0.25, -0.2) is 0 Å². The Kier molecular flexibility index (Phi) is 2.56. The quantitative estimate of drug-likeness (QED) is 0.611. The Morgan fingerprint density at radius 3 is 2.50 bits per heavy atom. The Bertz CT molecular complexity index is 807. The average molecular weight is 264 g/mol. The third kappa shape index (κ3) is 1.59. The van der Waals surface area contributed by atoms with Crippen LogP contribution in [0.1, 0.15) is 23.7 Å². The fourth-order valence-electron chi connectivity index (χ4n) is 3.38. The van der Waals surface area contributed by atoms with Crippen molar-refractivity contribution in [2.75, 3.05) is 0 Å². The lowest BCUT2D eigenvalue weighted by Crippen LogP contribution is -2.25. The largest absolute Gasteiger partial charge is 0.390 e. The summed E-state index contributed by atoms with van der Waals surface area (Å²) >= 11 is 0. The molecule has 0 aromatic heterocycles. The number of aliphatic hydroxyl groups is 2. The number of fused-ring (bicyclic) bond motifs is 5. The molecule has 1 aliphatic rings. The molecule has 2 unspecified atom stereocenters. The number of aryl methyl sites for hydroxylation is 1. The predicted molar refractivity (Wildman–Crippen MR) is 80.7 cm³/mol. The number of benzene rings is 3. The Balaban J connectivity index is 2.08. The fourth-order valence-corrected chi connectivity index (χ4v) is 3.38. The molecule has 2 atom stereocenters. The van der Waals surface area contributed by atoms with Crippen LogP contribution in [0.25, 0.3) is 21.5 Å². The summed E-state index contributed by atoms with van der Waals surface area (Å²) in [4.78, 5) is 0. The number of hydrogen-bond donors (Lipinski definition) is 2. The first-order valence-electron chi connectivity index (χ1n) is 7.05. The van der Waals surface area contributed by atoms with Crippen LogP contribution in [0.4, 0.5) is 0 Å². The topological polar surface area (TPSA) is 40.5 Å².